The Morgan fingerprint density at radius 3 is 2.60 bits per heavy atom. The van der Waals surface area contributed by atoms with Crippen molar-refractivity contribution in [2.24, 2.45) is 0 Å². The lowest BCUT2D eigenvalue weighted by molar-refractivity contribution is -0.131. The predicted octanol–water partition coefficient (Wildman–Crippen LogP) is 3.35. The molecule has 1 fully saturated rings. The fourth-order valence-electron chi connectivity index (χ4n) is 3.02. The van der Waals surface area contributed by atoms with Gasteiger partial charge >= 0.3 is 0 Å². The van der Waals surface area contributed by atoms with E-state index in [0.717, 1.165) is 31.4 Å². The second kappa shape index (κ2) is 5.70. The Hall–Kier alpha value is -1.77. The third kappa shape index (κ3) is 2.72. The van der Waals surface area contributed by atoms with Gasteiger partial charge in [-0.1, -0.05) is 24.5 Å². The van der Waals surface area contributed by atoms with Crippen molar-refractivity contribution in [3.05, 3.63) is 36.0 Å². The number of amides is 1. The molecule has 0 spiro atoms. The average Bonchev–Trinajstić information content (AvgIpc) is 2.66. The number of aromatic nitrogens is 1. The van der Waals surface area contributed by atoms with Crippen LogP contribution in [0.3, 0.4) is 0 Å². The molecular formula is C17H22N2O. The van der Waals surface area contributed by atoms with E-state index in [2.05, 4.69) is 35.8 Å². The Kier molecular flexibility index (Phi) is 3.77. The van der Waals surface area contributed by atoms with Crippen LogP contribution in [0.4, 0.5) is 0 Å². The molecule has 3 heteroatoms. The molecule has 3 nitrogen and oxygen atoms in total. The molecule has 2 heterocycles. The molecule has 1 aromatic carbocycles. The molecule has 0 N–H and O–H groups in total. The van der Waals surface area contributed by atoms with Gasteiger partial charge in [-0.15, -0.1) is 0 Å². The maximum Gasteiger partial charge on any atom is 0.242 e. The van der Waals surface area contributed by atoms with Crippen LogP contribution in [0.2, 0.25) is 0 Å². The molecule has 1 aliphatic rings. The third-order valence-electron chi connectivity index (χ3n) is 4.19. The quantitative estimate of drug-likeness (QED) is 0.821. The van der Waals surface area contributed by atoms with E-state index in [4.69, 9.17) is 0 Å². The minimum Gasteiger partial charge on any atom is -0.341 e. The van der Waals surface area contributed by atoms with Gasteiger partial charge in [-0.25, -0.2) is 0 Å². The van der Waals surface area contributed by atoms with E-state index >= 15 is 0 Å². The fourth-order valence-corrected chi connectivity index (χ4v) is 3.02. The largest absolute Gasteiger partial charge is 0.341 e. The molecule has 106 valence electrons. The van der Waals surface area contributed by atoms with Gasteiger partial charge in [-0.2, -0.15) is 0 Å². The SMILES string of the molecule is Cc1ccc2c(ccn2CC(=O)N2CCCCCC2)c1. The Morgan fingerprint density at radius 2 is 1.85 bits per heavy atom. The Bertz CT molecular complexity index is 606. The molecule has 0 atom stereocenters. The molecule has 0 saturated carbocycles. The van der Waals surface area contributed by atoms with Crippen molar-refractivity contribution >= 4 is 16.8 Å². The minimum absolute atomic E-state index is 0.255. The highest BCUT2D eigenvalue weighted by Gasteiger charge is 2.16. The average molecular weight is 270 g/mol. The lowest BCUT2D eigenvalue weighted by Crippen LogP contribution is -2.34. The summed E-state index contributed by atoms with van der Waals surface area (Å²) in [6.45, 7) is 4.42. The molecular weight excluding hydrogens is 248 g/mol. The van der Waals surface area contributed by atoms with Crippen LogP contribution >= 0.6 is 0 Å². The van der Waals surface area contributed by atoms with E-state index in [-0.39, 0.29) is 5.91 Å². The van der Waals surface area contributed by atoms with E-state index in [1.54, 1.807) is 0 Å². The van der Waals surface area contributed by atoms with E-state index in [0.29, 0.717) is 6.54 Å². The van der Waals surface area contributed by atoms with Gasteiger partial charge in [0.2, 0.25) is 5.91 Å². The van der Waals surface area contributed by atoms with Crippen LogP contribution in [0.15, 0.2) is 30.5 Å². The number of likely N-dealkylation sites (tertiary alicyclic amines) is 1. The standard InChI is InChI=1S/C17H22N2O/c1-14-6-7-16-15(12-14)8-11-19(16)13-17(20)18-9-4-2-3-5-10-18/h6-8,11-12H,2-5,9-10,13H2,1H3. The van der Waals surface area contributed by atoms with Crippen molar-refractivity contribution in [2.75, 3.05) is 13.1 Å². The van der Waals surface area contributed by atoms with E-state index in [9.17, 15) is 4.79 Å². The van der Waals surface area contributed by atoms with Crippen LogP contribution in [-0.2, 0) is 11.3 Å². The molecule has 1 aliphatic heterocycles. The molecule has 0 aliphatic carbocycles. The topological polar surface area (TPSA) is 25.2 Å². The maximum absolute atomic E-state index is 12.4. The maximum atomic E-state index is 12.4. The zero-order chi connectivity index (χ0) is 13.9. The summed E-state index contributed by atoms with van der Waals surface area (Å²) in [5.41, 5.74) is 2.41. The molecule has 2 aromatic rings. The highest BCUT2D eigenvalue weighted by Crippen LogP contribution is 2.18. The Morgan fingerprint density at radius 1 is 1.10 bits per heavy atom. The second-order valence-electron chi connectivity index (χ2n) is 5.80. The number of benzene rings is 1. The van der Waals surface area contributed by atoms with Crippen LogP contribution in [0.1, 0.15) is 31.2 Å². The number of nitrogens with zero attached hydrogens (tertiary/aromatic N) is 2. The minimum atomic E-state index is 0.255. The molecule has 1 aromatic heterocycles. The Balaban J connectivity index is 1.76. The monoisotopic (exact) mass is 270 g/mol. The number of fused-ring (bicyclic) bond motifs is 1. The fraction of sp³-hybridized carbons (Fsp3) is 0.471. The number of hydrogen-bond acceptors (Lipinski definition) is 1. The van der Waals surface area contributed by atoms with Gasteiger partial charge in [0, 0.05) is 24.8 Å². The van der Waals surface area contributed by atoms with Gasteiger partial charge in [0.05, 0.1) is 0 Å². The normalized spacial score (nSPS) is 16.4. The van der Waals surface area contributed by atoms with Crippen molar-refractivity contribution in [3.8, 4) is 0 Å². The summed E-state index contributed by atoms with van der Waals surface area (Å²) in [6, 6.07) is 8.48. The van der Waals surface area contributed by atoms with Gasteiger partial charge in [0.25, 0.3) is 0 Å². The molecule has 0 bridgehead atoms. The van der Waals surface area contributed by atoms with Crippen molar-refractivity contribution in [1.82, 2.24) is 9.47 Å². The predicted molar refractivity (Wildman–Crippen MR) is 81.7 cm³/mol. The summed E-state index contributed by atoms with van der Waals surface area (Å²) in [4.78, 5) is 14.5. The molecule has 1 amide bonds. The summed E-state index contributed by atoms with van der Waals surface area (Å²) in [5.74, 6) is 0.255. The van der Waals surface area contributed by atoms with Crippen molar-refractivity contribution in [3.63, 3.8) is 0 Å². The van der Waals surface area contributed by atoms with Gasteiger partial charge in [-0.05, 0) is 43.4 Å². The zero-order valence-corrected chi connectivity index (χ0v) is 12.1. The summed E-state index contributed by atoms with van der Waals surface area (Å²) >= 11 is 0. The first kappa shape index (κ1) is 13.2. The first-order chi connectivity index (χ1) is 9.74. The molecule has 20 heavy (non-hydrogen) atoms. The van der Waals surface area contributed by atoms with E-state index in [1.807, 2.05) is 11.1 Å². The highest BCUT2D eigenvalue weighted by atomic mass is 16.2. The van der Waals surface area contributed by atoms with Gasteiger partial charge in [0.1, 0.15) is 6.54 Å². The Labute approximate surface area is 120 Å². The molecule has 3 rings (SSSR count). The van der Waals surface area contributed by atoms with Gasteiger partial charge in [0.15, 0.2) is 0 Å². The lowest BCUT2D eigenvalue weighted by atomic mass is 10.2. The molecule has 0 unspecified atom stereocenters. The van der Waals surface area contributed by atoms with Gasteiger partial charge in [-0.3, -0.25) is 4.79 Å². The number of aryl methyl sites for hydroxylation is 1. The lowest BCUT2D eigenvalue weighted by Gasteiger charge is -2.20. The number of carbonyl (C=O) groups is 1. The van der Waals surface area contributed by atoms with Crippen LogP contribution < -0.4 is 0 Å². The first-order valence-corrected chi connectivity index (χ1v) is 7.57. The van der Waals surface area contributed by atoms with Crippen molar-refractivity contribution in [1.29, 1.82) is 0 Å². The second-order valence-corrected chi connectivity index (χ2v) is 5.80. The van der Waals surface area contributed by atoms with Crippen molar-refractivity contribution < 1.29 is 4.79 Å². The number of rotatable bonds is 2. The number of carbonyl (C=O) groups excluding carboxylic acids is 1. The summed E-state index contributed by atoms with van der Waals surface area (Å²) in [6.07, 6.45) is 6.85. The van der Waals surface area contributed by atoms with E-state index < -0.39 is 0 Å². The van der Waals surface area contributed by atoms with Crippen LogP contribution in [0, 0.1) is 6.92 Å². The molecule has 1 saturated heterocycles. The molecule has 0 radical (unpaired) electrons. The smallest absolute Gasteiger partial charge is 0.242 e. The van der Waals surface area contributed by atoms with E-state index in [1.165, 1.54) is 23.8 Å². The third-order valence-corrected chi connectivity index (χ3v) is 4.19. The van der Waals surface area contributed by atoms with Crippen LogP contribution in [0.25, 0.3) is 10.9 Å². The van der Waals surface area contributed by atoms with Crippen molar-refractivity contribution in [2.45, 2.75) is 39.2 Å². The first-order valence-electron chi connectivity index (χ1n) is 7.57. The van der Waals surface area contributed by atoms with Gasteiger partial charge < -0.3 is 9.47 Å². The zero-order valence-electron chi connectivity index (χ0n) is 12.1. The van der Waals surface area contributed by atoms with Crippen LogP contribution in [-0.4, -0.2) is 28.5 Å². The number of hydrogen-bond donors (Lipinski definition) is 0. The highest BCUT2D eigenvalue weighted by molar-refractivity contribution is 5.83. The summed E-state index contributed by atoms with van der Waals surface area (Å²) in [7, 11) is 0. The summed E-state index contributed by atoms with van der Waals surface area (Å²) in [5, 5.41) is 1.22. The summed E-state index contributed by atoms with van der Waals surface area (Å²) < 4.78 is 2.07. The van der Waals surface area contributed by atoms with Crippen LogP contribution in [0.5, 0.6) is 0 Å².